The molecule has 0 unspecified atom stereocenters. The summed E-state index contributed by atoms with van der Waals surface area (Å²) in [6.45, 7) is 1.95. The number of hydrogen-bond acceptors (Lipinski definition) is 4. The molecule has 3 rings (SSSR count). The maximum Gasteiger partial charge on any atom is 0.279 e. The Labute approximate surface area is 141 Å². The van der Waals surface area contributed by atoms with Crippen LogP contribution < -0.4 is 10.1 Å². The Hall–Kier alpha value is -2.47. The molecule has 6 heteroatoms. The van der Waals surface area contributed by atoms with E-state index in [-0.39, 0.29) is 17.5 Å². The molecule has 1 aromatic heterocycles. The number of hydrogen-bond donors (Lipinski definition) is 1. The molecule has 0 aliphatic heterocycles. The molecule has 0 saturated heterocycles. The van der Waals surface area contributed by atoms with Crippen molar-refractivity contribution in [3.05, 3.63) is 58.2 Å². The fraction of sp³-hybridized carbons (Fsp3) is 0.118. The normalized spacial score (nSPS) is 10.6. The van der Waals surface area contributed by atoms with Crippen molar-refractivity contribution in [3.8, 4) is 5.88 Å². The average molecular weight is 372 g/mol. The van der Waals surface area contributed by atoms with Crippen LogP contribution in [0.1, 0.15) is 16.1 Å². The number of halogens is 1. The standard InChI is InChI=1S/C17H14BrN3O2/c1-10-9-11(7-8-12(10)18)19-16(22)15-17(23-2)21-14-6-4-3-5-13(14)20-15/h3-9H,1-2H3,(H,19,22). The first-order chi connectivity index (χ1) is 11.1. The second-order valence-corrected chi connectivity index (χ2v) is 5.84. The third-order valence-corrected chi connectivity index (χ3v) is 4.25. The second-order valence-electron chi connectivity index (χ2n) is 4.99. The van der Waals surface area contributed by atoms with E-state index in [0.29, 0.717) is 16.7 Å². The molecule has 116 valence electrons. The van der Waals surface area contributed by atoms with Crippen LogP contribution in [0.4, 0.5) is 5.69 Å². The number of ether oxygens (including phenoxy) is 1. The molecule has 0 radical (unpaired) electrons. The van der Waals surface area contributed by atoms with E-state index < -0.39 is 0 Å². The van der Waals surface area contributed by atoms with Crippen molar-refractivity contribution in [2.75, 3.05) is 12.4 Å². The number of aromatic nitrogens is 2. The highest BCUT2D eigenvalue weighted by Crippen LogP contribution is 2.22. The molecule has 0 aliphatic rings. The smallest absolute Gasteiger partial charge is 0.279 e. The van der Waals surface area contributed by atoms with Gasteiger partial charge in [-0.15, -0.1) is 0 Å². The molecule has 23 heavy (non-hydrogen) atoms. The Morgan fingerprint density at radius 1 is 1.13 bits per heavy atom. The zero-order valence-corrected chi connectivity index (χ0v) is 14.2. The minimum Gasteiger partial charge on any atom is -0.479 e. The molecule has 3 aromatic rings. The highest BCUT2D eigenvalue weighted by molar-refractivity contribution is 9.10. The summed E-state index contributed by atoms with van der Waals surface area (Å²) >= 11 is 3.44. The number of nitrogens with zero attached hydrogens (tertiary/aromatic N) is 2. The highest BCUT2D eigenvalue weighted by atomic mass is 79.9. The Kier molecular flexibility index (Phi) is 4.25. The van der Waals surface area contributed by atoms with Gasteiger partial charge in [0.1, 0.15) is 0 Å². The molecule has 0 saturated carbocycles. The van der Waals surface area contributed by atoms with Crippen LogP contribution in [0.5, 0.6) is 5.88 Å². The Balaban J connectivity index is 1.97. The van der Waals surface area contributed by atoms with Gasteiger partial charge in [0.15, 0.2) is 5.69 Å². The second kappa shape index (κ2) is 6.34. The van der Waals surface area contributed by atoms with Crippen molar-refractivity contribution in [1.82, 2.24) is 9.97 Å². The van der Waals surface area contributed by atoms with Crippen molar-refractivity contribution in [2.24, 2.45) is 0 Å². The van der Waals surface area contributed by atoms with Crippen LogP contribution in [-0.2, 0) is 0 Å². The number of carbonyl (C=O) groups excluding carboxylic acids is 1. The van der Waals surface area contributed by atoms with Crippen molar-refractivity contribution in [3.63, 3.8) is 0 Å². The van der Waals surface area contributed by atoms with Crippen molar-refractivity contribution >= 4 is 38.6 Å². The van der Waals surface area contributed by atoms with Gasteiger partial charge in [-0.3, -0.25) is 4.79 Å². The summed E-state index contributed by atoms with van der Waals surface area (Å²) in [5.41, 5.74) is 3.20. The molecule has 1 N–H and O–H groups in total. The largest absolute Gasteiger partial charge is 0.479 e. The number of rotatable bonds is 3. The highest BCUT2D eigenvalue weighted by Gasteiger charge is 2.17. The molecule has 1 amide bonds. The molecule has 0 bridgehead atoms. The predicted octanol–water partition coefficient (Wildman–Crippen LogP) is 3.96. The first kappa shape index (κ1) is 15.4. The van der Waals surface area contributed by atoms with Gasteiger partial charge in [0, 0.05) is 10.2 Å². The number of carbonyl (C=O) groups is 1. The Morgan fingerprint density at radius 2 is 1.83 bits per heavy atom. The van der Waals surface area contributed by atoms with Gasteiger partial charge in [0.05, 0.1) is 18.1 Å². The van der Waals surface area contributed by atoms with Crippen LogP contribution in [0.15, 0.2) is 46.9 Å². The number of aryl methyl sites for hydroxylation is 1. The number of para-hydroxylation sites is 2. The summed E-state index contributed by atoms with van der Waals surface area (Å²) in [7, 11) is 1.47. The molecule has 0 atom stereocenters. The quantitative estimate of drug-likeness (QED) is 0.756. The van der Waals surface area contributed by atoms with Crippen LogP contribution in [0, 0.1) is 6.92 Å². The number of nitrogens with one attached hydrogen (secondary N) is 1. The SMILES string of the molecule is COc1nc2ccccc2nc1C(=O)Nc1ccc(Br)c(C)c1. The van der Waals surface area contributed by atoms with E-state index in [0.717, 1.165) is 10.0 Å². The summed E-state index contributed by atoms with van der Waals surface area (Å²) < 4.78 is 6.20. The number of anilines is 1. The number of benzene rings is 2. The summed E-state index contributed by atoms with van der Waals surface area (Å²) in [6, 6.07) is 12.9. The molecular weight excluding hydrogens is 358 g/mol. The van der Waals surface area contributed by atoms with E-state index in [2.05, 4.69) is 31.2 Å². The molecule has 2 aromatic carbocycles. The van der Waals surface area contributed by atoms with E-state index in [1.807, 2.05) is 49.4 Å². The van der Waals surface area contributed by atoms with E-state index in [4.69, 9.17) is 4.74 Å². The van der Waals surface area contributed by atoms with Gasteiger partial charge < -0.3 is 10.1 Å². The number of fused-ring (bicyclic) bond motifs is 1. The van der Waals surface area contributed by atoms with E-state index in [9.17, 15) is 4.79 Å². The van der Waals surface area contributed by atoms with Crippen molar-refractivity contribution in [2.45, 2.75) is 6.92 Å². The minimum absolute atomic E-state index is 0.159. The third-order valence-electron chi connectivity index (χ3n) is 3.36. The monoisotopic (exact) mass is 371 g/mol. The first-order valence-electron chi connectivity index (χ1n) is 6.97. The maximum absolute atomic E-state index is 12.5. The van der Waals surface area contributed by atoms with Crippen molar-refractivity contribution in [1.29, 1.82) is 0 Å². The summed E-state index contributed by atoms with van der Waals surface area (Å²) in [5, 5.41) is 2.82. The van der Waals surface area contributed by atoms with Gasteiger partial charge in [-0.25, -0.2) is 9.97 Å². The number of amides is 1. The van der Waals surface area contributed by atoms with Gasteiger partial charge in [-0.1, -0.05) is 28.1 Å². The predicted molar refractivity (Wildman–Crippen MR) is 92.9 cm³/mol. The average Bonchev–Trinajstić information content (AvgIpc) is 2.57. The van der Waals surface area contributed by atoms with Crippen molar-refractivity contribution < 1.29 is 9.53 Å². The topological polar surface area (TPSA) is 64.1 Å². The molecule has 0 fully saturated rings. The van der Waals surface area contributed by atoms with Crippen LogP contribution in [0.3, 0.4) is 0 Å². The molecule has 0 aliphatic carbocycles. The summed E-state index contributed by atoms with van der Waals surface area (Å²) in [6.07, 6.45) is 0. The minimum atomic E-state index is -0.359. The molecular formula is C17H14BrN3O2. The van der Waals surface area contributed by atoms with Crippen LogP contribution in [0.2, 0.25) is 0 Å². The number of methoxy groups -OCH3 is 1. The van der Waals surface area contributed by atoms with Gasteiger partial charge in [0.25, 0.3) is 5.91 Å². The fourth-order valence-electron chi connectivity index (χ4n) is 2.19. The van der Waals surface area contributed by atoms with E-state index in [1.165, 1.54) is 7.11 Å². The fourth-order valence-corrected chi connectivity index (χ4v) is 2.43. The van der Waals surface area contributed by atoms with Gasteiger partial charge in [0.2, 0.25) is 5.88 Å². The Bertz CT molecular complexity index is 896. The van der Waals surface area contributed by atoms with Crippen LogP contribution >= 0.6 is 15.9 Å². The summed E-state index contributed by atoms with van der Waals surface area (Å²) in [5.74, 6) is -0.156. The van der Waals surface area contributed by atoms with Crippen LogP contribution in [-0.4, -0.2) is 23.0 Å². The lowest BCUT2D eigenvalue weighted by atomic mass is 10.2. The van der Waals surface area contributed by atoms with Gasteiger partial charge >= 0.3 is 0 Å². The van der Waals surface area contributed by atoms with Crippen LogP contribution in [0.25, 0.3) is 11.0 Å². The van der Waals surface area contributed by atoms with E-state index >= 15 is 0 Å². The lowest BCUT2D eigenvalue weighted by molar-refractivity contribution is 0.101. The maximum atomic E-state index is 12.5. The zero-order chi connectivity index (χ0) is 16.4. The third kappa shape index (κ3) is 3.17. The lowest BCUT2D eigenvalue weighted by Crippen LogP contribution is -2.16. The van der Waals surface area contributed by atoms with Gasteiger partial charge in [-0.2, -0.15) is 0 Å². The summed E-state index contributed by atoms with van der Waals surface area (Å²) in [4.78, 5) is 21.2. The molecule has 5 nitrogen and oxygen atoms in total. The lowest BCUT2D eigenvalue weighted by Gasteiger charge is -2.10. The van der Waals surface area contributed by atoms with Gasteiger partial charge in [-0.05, 0) is 42.8 Å². The van der Waals surface area contributed by atoms with E-state index in [1.54, 1.807) is 0 Å². The Morgan fingerprint density at radius 3 is 2.48 bits per heavy atom. The molecule has 1 heterocycles. The molecule has 0 spiro atoms. The first-order valence-corrected chi connectivity index (χ1v) is 7.76. The zero-order valence-electron chi connectivity index (χ0n) is 12.6.